The Morgan fingerprint density at radius 2 is 1.95 bits per heavy atom. The number of imidazole rings is 1. The van der Waals surface area contributed by atoms with E-state index in [9.17, 15) is 14.9 Å². The lowest BCUT2D eigenvalue weighted by Crippen LogP contribution is -2.46. The number of hydrogen-bond donors (Lipinski definition) is 2. The van der Waals surface area contributed by atoms with Crippen molar-refractivity contribution in [1.82, 2.24) is 14.7 Å². The predicted octanol–water partition coefficient (Wildman–Crippen LogP) is 5.51. The first-order valence-corrected chi connectivity index (χ1v) is 13.1. The number of carboxylic acids is 1. The second-order valence-electron chi connectivity index (χ2n) is 9.98. The highest BCUT2D eigenvalue weighted by atomic mass is 16.5. The second-order valence-corrected chi connectivity index (χ2v) is 9.98. The summed E-state index contributed by atoms with van der Waals surface area (Å²) in [6.07, 6.45) is 11.6. The van der Waals surface area contributed by atoms with Gasteiger partial charge in [0.05, 0.1) is 18.8 Å². The number of hydrogen-bond acceptors (Lipinski definition) is 5. The predicted molar refractivity (Wildman–Crippen MR) is 148 cm³/mol. The van der Waals surface area contributed by atoms with Crippen molar-refractivity contribution in [3.63, 3.8) is 0 Å². The maximum atomic E-state index is 12.8. The number of carbonyl (C=O) groups excluding carboxylic acids is 1. The molecule has 8 heteroatoms. The summed E-state index contributed by atoms with van der Waals surface area (Å²) >= 11 is 0. The quantitative estimate of drug-likeness (QED) is 0.441. The van der Waals surface area contributed by atoms with E-state index in [1.807, 2.05) is 30.3 Å². The van der Waals surface area contributed by atoms with E-state index in [0.717, 1.165) is 47.3 Å². The Balaban J connectivity index is 1.52. The molecule has 1 aromatic carbocycles. The Bertz CT molecular complexity index is 1580. The Hall–Kier alpha value is -4.64. The summed E-state index contributed by atoms with van der Waals surface area (Å²) in [6, 6.07) is 13.3. The lowest BCUT2D eigenvalue weighted by Gasteiger charge is -2.32. The van der Waals surface area contributed by atoms with Gasteiger partial charge in [-0.25, -0.2) is 4.98 Å². The van der Waals surface area contributed by atoms with Gasteiger partial charge in [-0.05, 0) is 67.5 Å². The highest BCUT2D eigenvalue weighted by molar-refractivity contribution is 5.96. The third-order valence-corrected chi connectivity index (χ3v) is 7.49. The van der Waals surface area contributed by atoms with Crippen LogP contribution in [-0.4, -0.2) is 39.5 Å². The number of nitriles is 1. The zero-order chi connectivity index (χ0) is 27.5. The molecule has 2 aliphatic carbocycles. The van der Waals surface area contributed by atoms with Crippen LogP contribution in [0.1, 0.15) is 60.6 Å². The molecule has 5 rings (SSSR count). The van der Waals surface area contributed by atoms with Crippen molar-refractivity contribution in [1.29, 1.82) is 5.26 Å². The third kappa shape index (κ3) is 5.21. The molecule has 2 heterocycles. The summed E-state index contributed by atoms with van der Waals surface area (Å²) in [5.41, 5.74) is 5.76. The molecule has 1 amide bonds. The lowest BCUT2D eigenvalue weighted by atomic mass is 9.80. The third-order valence-electron chi connectivity index (χ3n) is 7.49. The molecule has 8 nitrogen and oxygen atoms in total. The smallest absolute Gasteiger partial charge is 0.306 e. The Kier molecular flexibility index (Phi) is 7.33. The molecule has 0 aliphatic heterocycles. The average Bonchev–Trinajstić information content (AvgIpc) is 3.32. The van der Waals surface area contributed by atoms with Crippen molar-refractivity contribution in [3.8, 4) is 17.3 Å². The molecule has 198 valence electrons. The number of amides is 1. The van der Waals surface area contributed by atoms with Crippen LogP contribution >= 0.6 is 0 Å². The monoisotopic (exact) mass is 522 g/mol. The summed E-state index contributed by atoms with van der Waals surface area (Å²) < 4.78 is 7.24. The van der Waals surface area contributed by atoms with Gasteiger partial charge in [0.25, 0.3) is 5.91 Å². The molecular formula is C31H30N4O4. The van der Waals surface area contributed by atoms with E-state index in [-0.39, 0.29) is 11.9 Å². The van der Waals surface area contributed by atoms with E-state index in [1.165, 1.54) is 0 Å². The summed E-state index contributed by atoms with van der Waals surface area (Å²) in [4.78, 5) is 28.7. The van der Waals surface area contributed by atoms with Crippen LogP contribution in [0.2, 0.25) is 0 Å². The lowest BCUT2D eigenvalue weighted by molar-refractivity contribution is -0.145. The molecule has 2 aromatic heterocycles. The van der Waals surface area contributed by atoms with Crippen molar-refractivity contribution in [2.75, 3.05) is 7.11 Å². The van der Waals surface area contributed by atoms with Crippen molar-refractivity contribution in [2.24, 2.45) is 5.92 Å². The first-order valence-electron chi connectivity index (χ1n) is 13.1. The van der Waals surface area contributed by atoms with Gasteiger partial charge in [-0.3, -0.25) is 14.0 Å². The first kappa shape index (κ1) is 26.0. The van der Waals surface area contributed by atoms with E-state index in [4.69, 9.17) is 14.8 Å². The number of rotatable bonds is 6. The Morgan fingerprint density at radius 3 is 2.67 bits per heavy atom. The molecule has 0 atom stereocenters. The van der Waals surface area contributed by atoms with Crippen LogP contribution in [-0.2, 0) is 9.53 Å². The van der Waals surface area contributed by atoms with Gasteiger partial charge < -0.3 is 15.2 Å². The summed E-state index contributed by atoms with van der Waals surface area (Å²) in [5, 5.41) is 22.1. The fraction of sp³-hybridized carbons (Fsp3) is 0.290. The number of pyridine rings is 1. The largest absolute Gasteiger partial charge is 0.501 e. The number of methoxy groups -OCH3 is 1. The minimum Gasteiger partial charge on any atom is -0.501 e. The average molecular weight is 523 g/mol. The normalized spacial score (nSPS) is 23.3. The summed E-state index contributed by atoms with van der Waals surface area (Å²) in [5.74, 6) is -0.599. The standard InChI is InChI=1S/C31H30N4O4/c1-19-7-3-4-8-23(39-2)11-12-24(19)25-9-5-6-10-26(25)29-27(18-32)35-14-13-20(17-28(35)34-29)30(36)33-22-15-21(16-22)31(37)38/h5-7,9-14,17,21-22H,3-4,8,15-16H2,1-2H3,(H,33,36)(H,37,38)/b19-7+,23-11-,24-12+. The minimum absolute atomic E-state index is 0.156. The summed E-state index contributed by atoms with van der Waals surface area (Å²) in [6.45, 7) is 2.09. The number of aliphatic carboxylic acids is 1. The van der Waals surface area contributed by atoms with E-state index >= 15 is 0 Å². The molecule has 2 N–H and O–H groups in total. The van der Waals surface area contributed by atoms with Gasteiger partial charge in [-0.2, -0.15) is 5.26 Å². The number of benzene rings is 1. The number of carbonyl (C=O) groups is 2. The van der Waals surface area contributed by atoms with Crippen LogP contribution in [0.5, 0.6) is 0 Å². The molecule has 0 bridgehead atoms. The van der Waals surface area contributed by atoms with Gasteiger partial charge in [-0.1, -0.05) is 36.4 Å². The van der Waals surface area contributed by atoms with E-state index in [1.54, 1.807) is 29.8 Å². The van der Waals surface area contributed by atoms with Gasteiger partial charge >= 0.3 is 5.97 Å². The maximum absolute atomic E-state index is 12.8. The van der Waals surface area contributed by atoms with Crippen molar-refractivity contribution < 1.29 is 19.4 Å². The van der Waals surface area contributed by atoms with Crippen LogP contribution in [0.25, 0.3) is 22.5 Å². The molecule has 0 unspecified atom stereocenters. The number of nitrogens with one attached hydrogen (secondary N) is 1. The molecule has 1 saturated carbocycles. The number of allylic oxidation sites excluding steroid dienone is 6. The fourth-order valence-corrected chi connectivity index (χ4v) is 5.18. The highest BCUT2D eigenvalue weighted by Crippen LogP contribution is 2.35. The molecule has 2 aliphatic rings. The highest BCUT2D eigenvalue weighted by Gasteiger charge is 2.35. The number of nitrogens with zero attached hydrogens (tertiary/aromatic N) is 3. The fourth-order valence-electron chi connectivity index (χ4n) is 5.18. The second kappa shape index (κ2) is 11.0. The number of carboxylic acid groups (broad SMARTS) is 1. The van der Waals surface area contributed by atoms with E-state index in [0.29, 0.717) is 35.4 Å². The zero-order valence-corrected chi connectivity index (χ0v) is 22.0. The number of fused-ring (bicyclic) bond motifs is 1. The maximum Gasteiger partial charge on any atom is 0.306 e. The molecule has 39 heavy (non-hydrogen) atoms. The van der Waals surface area contributed by atoms with Crippen LogP contribution in [0.15, 0.2) is 72.2 Å². The van der Waals surface area contributed by atoms with Gasteiger partial charge in [0.1, 0.15) is 17.4 Å². The van der Waals surface area contributed by atoms with Crippen LogP contribution in [0.4, 0.5) is 0 Å². The summed E-state index contributed by atoms with van der Waals surface area (Å²) in [7, 11) is 1.69. The number of ether oxygens (including phenoxy) is 1. The van der Waals surface area contributed by atoms with Crippen LogP contribution < -0.4 is 5.32 Å². The van der Waals surface area contributed by atoms with Crippen molar-refractivity contribution in [2.45, 2.75) is 45.1 Å². The van der Waals surface area contributed by atoms with Gasteiger partial charge in [0.15, 0.2) is 5.69 Å². The molecular weight excluding hydrogens is 492 g/mol. The molecule has 3 aromatic rings. The molecule has 0 spiro atoms. The zero-order valence-electron chi connectivity index (χ0n) is 22.0. The molecule has 0 radical (unpaired) electrons. The van der Waals surface area contributed by atoms with Crippen LogP contribution in [0.3, 0.4) is 0 Å². The minimum atomic E-state index is -0.831. The van der Waals surface area contributed by atoms with Crippen LogP contribution in [0, 0.1) is 17.2 Å². The Morgan fingerprint density at radius 1 is 1.18 bits per heavy atom. The van der Waals surface area contributed by atoms with Gasteiger partial charge in [0.2, 0.25) is 0 Å². The van der Waals surface area contributed by atoms with Crippen molar-refractivity contribution >= 4 is 23.1 Å². The Labute approximate surface area is 226 Å². The first-order chi connectivity index (χ1) is 18.9. The van der Waals surface area contributed by atoms with Gasteiger partial charge in [-0.15, -0.1) is 0 Å². The molecule has 0 saturated heterocycles. The topological polar surface area (TPSA) is 117 Å². The van der Waals surface area contributed by atoms with Gasteiger partial charge in [0, 0.05) is 29.8 Å². The van der Waals surface area contributed by atoms with Crippen molar-refractivity contribution in [3.05, 3.63) is 89.0 Å². The molecule has 1 fully saturated rings. The van der Waals surface area contributed by atoms with E-state index < -0.39 is 11.9 Å². The van der Waals surface area contributed by atoms with E-state index in [2.05, 4.69) is 30.5 Å². The SMILES string of the molecule is CO\C1=C/C=C(c2ccccc2-c2nc3cc(C(=O)NC4CC(C(=O)O)C4)ccn3c2C#N)\C(C)=C\CCC1. The number of aromatic nitrogens is 2.